The van der Waals surface area contributed by atoms with Gasteiger partial charge in [-0.2, -0.15) is 0 Å². The zero-order valence-corrected chi connectivity index (χ0v) is 14.2. The van der Waals surface area contributed by atoms with Gasteiger partial charge in [0.2, 0.25) is 0 Å². The minimum Gasteiger partial charge on any atom is -0.338 e. The third kappa shape index (κ3) is 3.16. The van der Waals surface area contributed by atoms with Crippen molar-refractivity contribution in [2.24, 2.45) is 5.92 Å². The van der Waals surface area contributed by atoms with Crippen LogP contribution in [-0.2, 0) is 5.33 Å². The highest BCUT2D eigenvalue weighted by atomic mass is 79.9. The van der Waals surface area contributed by atoms with Crippen LogP contribution in [0.5, 0.6) is 0 Å². The van der Waals surface area contributed by atoms with E-state index >= 15 is 0 Å². The van der Waals surface area contributed by atoms with Crippen molar-refractivity contribution in [2.75, 3.05) is 26.7 Å². The van der Waals surface area contributed by atoms with Gasteiger partial charge in [-0.05, 0) is 56.5 Å². The predicted octanol–water partition coefficient (Wildman–Crippen LogP) is 3.14. The Morgan fingerprint density at radius 1 is 1.24 bits per heavy atom. The SMILES string of the molecule is CN1CCCC2CN(C(=O)c3ccc(CBr)cc3)CCC21. The van der Waals surface area contributed by atoms with Crippen LogP contribution in [0.4, 0.5) is 0 Å². The van der Waals surface area contributed by atoms with Gasteiger partial charge in [-0.3, -0.25) is 4.79 Å². The number of amides is 1. The third-order valence-corrected chi connectivity index (χ3v) is 5.64. The largest absolute Gasteiger partial charge is 0.338 e. The van der Waals surface area contributed by atoms with E-state index in [-0.39, 0.29) is 5.91 Å². The van der Waals surface area contributed by atoms with Crippen molar-refractivity contribution < 1.29 is 4.79 Å². The maximum Gasteiger partial charge on any atom is 0.253 e. The standard InChI is InChI=1S/C17H23BrN2O/c1-19-9-2-3-15-12-20(10-8-16(15)19)17(21)14-6-4-13(11-18)5-7-14/h4-7,15-16H,2-3,8-12H2,1H3. The molecule has 0 aliphatic carbocycles. The molecule has 2 unspecified atom stereocenters. The molecule has 3 rings (SSSR count). The number of fused-ring (bicyclic) bond motifs is 1. The number of benzene rings is 1. The summed E-state index contributed by atoms with van der Waals surface area (Å²) >= 11 is 3.44. The molecule has 2 fully saturated rings. The molecule has 2 atom stereocenters. The molecule has 0 bridgehead atoms. The second kappa shape index (κ2) is 6.49. The lowest BCUT2D eigenvalue weighted by Crippen LogP contribution is -2.53. The van der Waals surface area contributed by atoms with Gasteiger partial charge in [0.15, 0.2) is 0 Å². The minimum absolute atomic E-state index is 0.197. The summed E-state index contributed by atoms with van der Waals surface area (Å²) in [4.78, 5) is 17.2. The van der Waals surface area contributed by atoms with Crippen LogP contribution in [0.2, 0.25) is 0 Å². The molecule has 2 aliphatic heterocycles. The van der Waals surface area contributed by atoms with Crippen LogP contribution < -0.4 is 0 Å². The van der Waals surface area contributed by atoms with Gasteiger partial charge in [-0.25, -0.2) is 0 Å². The van der Waals surface area contributed by atoms with Crippen molar-refractivity contribution in [3.63, 3.8) is 0 Å². The lowest BCUT2D eigenvalue weighted by atomic mass is 9.84. The van der Waals surface area contributed by atoms with Crippen molar-refractivity contribution in [3.05, 3.63) is 35.4 Å². The molecule has 4 heteroatoms. The van der Waals surface area contributed by atoms with E-state index in [4.69, 9.17) is 0 Å². The van der Waals surface area contributed by atoms with E-state index in [1.807, 2.05) is 24.3 Å². The number of halogens is 1. The summed E-state index contributed by atoms with van der Waals surface area (Å²) in [7, 11) is 2.23. The summed E-state index contributed by atoms with van der Waals surface area (Å²) in [5.41, 5.74) is 2.03. The Labute approximate surface area is 135 Å². The fourth-order valence-electron chi connectivity index (χ4n) is 3.76. The number of alkyl halides is 1. The van der Waals surface area contributed by atoms with Crippen LogP contribution >= 0.6 is 15.9 Å². The van der Waals surface area contributed by atoms with Gasteiger partial charge in [-0.15, -0.1) is 0 Å². The van der Waals surface area contributed by atoms with Crippen LogP contribution in [0, 0.1) is 5.92 Å². The molecule has 1 amide bonds. The van der Waals surface area contributed by atoms with Crippen molar-refractivity contribution in [2.45, 2.75) is 30.6 Å². The highest BCUT2D eigenvalue weighted by Crippen LogP contribution is 2.30. The van der Waals surface area contributed by atoms with E-state index in [1.165, 1.54) is 24.9 Å². The molecular formula is C17H23BrN2O. The van der Waals surface area contributed by atoms with E-state index in [0.29, 0.717) is 12.0 Å². The Bertz CT molecular complexity index is 502. The second-order valence-electron chi connectivity index (χ2n) is 6.32. The molecular weight excluding hydrogens is 328 g/mol. The molecule has 0 radical (unpaired) electrons. The van der Waals surface area contributed by atoms with Crippen LogP contribution in [0.1, 0.15) is 35.2 Å². The number of rotatable bonds is 2. The minimum atomic E-state index is 0.197. The molecule has 3 nitrogen and oxygen atoms in total. The third-order valence-electron chi connectivity index (χ3n) is 4.99. The lowest BCUT2D eigenvalue weighted by molar-refractivity contribution is 0.0317. The van der Waals surface area contributed by atoms with Crippen molar-refractivity contribution in [3.8, 4) is 0 Å². The summed E-state index contributed by atoms with van der Waals surface area (Å²) in [5.74, 6) is 0.853. The Balaban J connectivity index is 1.68. The summed E-state index contributed by atoms with van der Waals surface area (Å²) in [6, 6.07) is 8.65. The van der Waals surface area contributed by atoms with Crippen LogP contribution in [0.3, 0.4) is 0 Å². The molecule has 0 N–H and O–H groups in total. The van der Waals surface area contributed by atoms with E-state index < -0.39 is 0 Å². The number of likely N-dealkylation sites (tertiary alicyclic amines) is 2. The normalized spacial score (nSPS) is 26.5. The van der Waals surface area contributed by atoms with Gasteiger partial charge in [0.1, 0.15) is 0 Å². The highest BCUT2D eigenvalue weighted by molar-refractivity contribution is 9.08. The molecule has 0 saturated carbocycles. The Kier molecular flexibility index (Phi) is 4.65. The molecule has 2 saturated heterocycles. The summed E-state index contributed by atoms with van der Waals surface area (Å²) in [6.07, 6.45) is 3.65. The fraction of sp³-hybridized carbons (Fsp3) is 0.588. The number of hydrogen-bond acceptors (Lipinski definition) is 2. The van der Waals surface area contributed by atoms with Gasteiger partial charge in [-0.1, -0.05) is 28.1 Å². The van der Waals surface area contributed by atoms with Gasteiger partial charge < -0.3 is 9.80 Å². The second-order valence-corrected chi connectivity index (χ2v) is 6.88. The van der Waals surface area contributed by atoms with E-state index in [2.05, 4.69) is 32.8 Å². The highest BCUT2D eigenvalue weighted by Gasteiger charge is 2.35. The quantitative estimate of drug-likeness (QED) is 0.765. The molecule has 2 heterocycles. The first-order valence-corrected chi connectivity index (χ1v) is 8.95. The maximum atomic E-state index is 12.7. The Morgan fingerprint density at radius 3 is 2.71 bits per heavy atom. The van der Waals surface area contributed by atoms with Crippen molar-refractivity contribution in [1.82, 2.24) is 9.80 Å². The van der Waals surface area contributed by atoms with Crippen LogP contribution in [-0.4, -0.2) is 48.4 Å². The van der Waals surface area contributed by atoms with E-state index in [1.54, 1.807) is 0 Å². The smallest absolute Gasteiger partial charge is 0.253 e. The Hall–Kier alpha value is -0.870. The first kappa shape index (κ1) is 15.0. The lowest BCUT2D eigenvalue weighted by Gasteiger charge is -2.46. The Morgan fingerprint density at radius 2 is 2.00 bits per heavy atom. The number of carbonyl (C=O) groups excluding carboxylic acids is 1. The average molecular weight is 351 g/mol. The van der Waals surface area contributed by atoms with Gasteiger partial charge >= 0.3 is 0 Å². The van der Waals surface area contributed by atoms with E-state index in [9.17, 15) is 4.79 Å². The van der Waals surface area contributed by atoms with Crippen molar-refractivity contribution in [1.29, 1.82) is 0 Å². The number of nitrogens with zero attached hydrogens (tertiary/aromatic N) is 2. The zero-order valence-electron chi connectivity index (χ0n) is 12.6. The first-order chi connectivity index (χ1) is 10.2. The van der Waals surface area contributed by atoms with Crippen LogP contribution in [0.25, 0.3) is 0 Å². The van der Waals surface area contributed by atoms with Gasteiger partial charge in [0.05, 0.1) is 0 Å². The topological polar surface area (TPSA) is 23.6 Å². The fourth-order valence-corrected chi connectivity index (χ4v) is 4.13. The summed E-state index contributed by atoms with van der Waals surface area (Å²) in [5, 5.41) is 0.835. The van der Waals surface area contributed by atoms with Gasteiger partial charge in [0.25, 0.3) is 5.91 Å². The van der Waals surface area contributed by atoms with Crippen LogP contribution in [0.15, 0.2) is 24.3 Å². The molecule has 2 aliphatic rings. The zero-order chi connectivity index (χ0) is 14.8. The molecule has 0 aromatic heterocycles. The van der Waals surface area contributed by atoms with Gasteiger partial charge in [0, 0.05) is 30.0 Å². The monoisotopic (exact) mass is 350 g/mol. The van der Waals surface area contributed by atoms with E-state index in [0.717, 1.165) is 30.4 Å². The predicted molar refractivity (Wildman–Crippen MR) is 88.7 cm³/mol. The van der Waals surface area contributed by atoms with Crippen molar-refractivity contribution >= 4 is 21.8 Å². The number of carbonyl (C=O) groups is 1. The number of hydrogen-bond donors (Lipinski definition) is 0. The first-order valence-electron chi connectivity index (χ1n) is 7.83. The molecule has 114 valence electrons. The summed E-state index contributed by atoms with van der Waals surface area (Å²) < 4.78 is 0. The number of piperidine rings is 2. The molecule has 1 aromatic carbocycles. The molecule has 21 heavy (non-hydrogen) atoms. The average Bonchev–Trinajstić information content (AvgIpc) is 2.54. The molecule has 1 aromatic rings. The molecule has 0 spiro atoms. The summed E-state index contributed by atoms with van der Waals surface area (Å²) in [6.45, 7) is 3.03. The maximum absolute atomic E-state index is 12.7.